The van der Waals surface area contributed by atoms with E-state index in [9.17, 15) is 9.59 Å². The van der Waals surface area contributed by atoms with Crippen molar-refractivity contribution in [3.63, 3.8) is 0 Å². The minimum absolute atomic E-state index is 0.0666. The second kappa shape index (κ2) is 7.93. The molecule has 0 spiro atoms. The first-order chi connectivity index (χ1) is 11.7. The van der Waals surface area contributed by atoms with Gasteiger partial charge in [-0.3, -0.25) is 4.79 Å². The lowest BCUT2D eigenvalue weighted by atomic mass is 10.1. The van der Waals surface area contributed by atoms with E-state index in [1.165, 1.54) is 0 Å². The van der Waals surface area contributed by atoms with E-state index in [0.717, 1.165) is 30.4 Å². The number of nitrogens with one attached hydrogen (secondary N) is 1. The summed E-state index contributed by atoms with van der Waals surface area (Å²) in [6, 6.07) is 0.152. The van der Waals surface area contributed by atoms with Crippen LogP contribution in [0.2, 0.25) is 0 Å². The molecule has 6 heteroatoms. The van der Waals surface area contributed by atoms with Gasteiger partial charge in [0.25, 0.3) is 5.91 Å². The molecular weight excluding hydrogens is 318 g/mol. The SMILES string of the molecule is CCN(C(=O)c1c[nH]cc1C)C1CCCN(C(=O)OC(C)(C)C)CC1. The second-order valence-electron chi connectivity index (χ2n) is 7.70. The number of aryl methyl sites for hydroxylation is 1. The van der Waals surface area contributed by atoms with Crippen LogP contribution in [0.1, 0.15) is 62.9 Å². The van der Waals surface area contributed by atoms with Crippen LogP contribution >= 0.6 is 0 Å². The molecule has 1 fully saturated rings. The third-order valence-electron chi connectivity index (χ3n) is 4.57. The molecule has 1 aromatic heterocycles. The molecule has 1 aromatic rings. The number of ether oxygens (including phenoxy) is 1. The Morgan fingerprint density at radius 1 is 1.28 bits per heavy atom. The molecule has 140 valence electrons. The first kappa shape index (κ1) is 19.3. The minimum Gasteiger partial charge on any atom is -0.444 e. The Morgan fingerprint density at radius 2 is 2.00 bits per heavy atom. The van der Waals surface area contributed by atoms with Crippen LogP contribution < -0.4 is 0 Å². The maximum atomic E-state index is 12.9. The molecular formula is C19H31N3O3. The number of carbonyl (C=O) groups excluding carboxylic acids is 2. The van der Waals surface area contributed by atoms with Gasteiger partial charge in [-0.05, 0) is 59.4 Å². The molecule has 0 saturated carbocycles. The molecule has 6 nitrogen and oxygen atoms in total. The number of hydrogen-bond acceptors (Lipinski definition) is 3. The summed E-state index contributed by atoms with van der Waals surface area (Å²) < 4.78 is 5.48. The first-order valence-electron chi connectivity index (χ1n) is 9.15. The van der Waals surface area contributed by atoms with Crippen molar-refractivity contribution < 1.29 is 14.3 Å². The maximum Gasteiger partial charge on any atom is 0.410 e. The van der Waals surface area contributed by atoms with Crippen LogP contribution in [0.25, 0.3) is 0 Å². The van der Waals surface area contributed by atoms with E-state index in [4.69, 9.17) is 4.74 Å². The Balaban J connectivity index is 2.02. The third kappa shape index (κ3) is 5.00. The molecule has 1 aliphatic heterocycles. The number of aromatic amines is 1. The average molecular weight is 349 g/mol. The molecule has 0 radical (unpaired) electrons. The molecule has 2 amide bonds. The van der Waals surface area contributed by atoms with Crippen molar-refractivity contribution in [2.24, 2.45) is 0 Å². The van der Waals surface area contributed by atoms with E-state index in [1.807, 2.05) is 45.7 Å². The molecule has 1 unspecified atom stereocenters. The van der Waals surface area contributed by atoms with Gasteiger partial charge in [0.15, 0.2) is 0 Å². The normalized spacial score (nSPS) is 18.6. The lowest BCUT2D eigenvalue weighted by Gasteiger charge is -2.30. The summed E-state index contributed by atoms with van der Waals surface area (Å²) in [5.41, 5.74) is 1.21. The molecule has 2 heterocycles. The molecule has 2 rings (SSSR count). The fourth-order valence-corrected chi connectivity index (χ4v) is 3.29. The predicted octanol–water partition coefficient (Wildman–Crippen LogP) is 3.57. The Hall–Kier alpha value is -1.98. The summed E-state index contributed by atoms with van der Waals surface area (Å²) in [5, 5.41) is 0. The van der Waals surface area contributed by atoms with Crippen molar-refractivity contribution >= 4 is 12.0 Å². The number of rotatable bonds is 3. The maximum absolute atomic E-state index is 12.9. The summed E-state index contributed by atoms with van der Waals surface area (Å²) in [7, 11) is 0. The average Bonchev–Trinajstić information content (AvgIpc) is 2.80. The molecule has 1 saturated heterocycles. The van der Waals surface area contributed by atoms with Crippen molar-refractivity contribution in [2.75, 3.05) is 19.6 Å². The third-order valence-corrected chi connectivity index (χ3v) is 4.57. The monoisotopic (exact) mass is 349 g/mol. The lowest BCUT2D eigenvalue weighted by Crippen LogP contribution is -2.41. The molecule has 1 aliphatic rings. The van der Waals surface area contributed by atoms with Gasteiger partial charge in [-0.15, -0.1) is 0 Å². The summed E-state index contributed by atoms with van der Waals surface area (Å²) in [4.78, 5) is 31.9. The number of amides is 2. The highest BCUT2D eigenvalue weighted by Gasteiger charge is 2.29. The van der Waals surface area contributed by atoms with Gasteiger partial charge in [-0.2, -0.15) is 0 Å². The Kier molecular flexibility index (Phi) is 6.14. The van der Waals surface area contributed by atoms with Gasteiger partial charge in [-0.25, -0.2) is 4.79 Å². The summed E-state index contributed by atoms with van der Waals surface area (Å²) in [6.45, 7) is 11.5. The van der Waals surface area contributed by atoms with E-state index in [2.05, 4.69) is 4.98 Å². The smallest absolute Gasteiger partial charge is 0.410 e. The van der Waals surface area contributed by atoms with Crippen LogP contribution in [0.5, 0.6) is 0 Å². The molecule has 1 atom stereocenters. The van der Waals surface area contributed by atoms with E-state index in [0.29, 0.717) is 19.6 Å². The van der Waals surface area contributed by atoms with Gasteiger partial charge in [0.1, 0.15) is 5.60 Å². The van der Waals surface area contributed by atoms with E-state index in [-0.39, 0.29) is 18.0 Å². The highest BCUT2D eigenvalue weighted by Crippen LogP contribution is 2.21. The minimum atomic E-state index is -0.486. The Morgan fingerprint density at radius 3 is 2.56 bits per heavy atom. The van der Waals surface area contributed by atoms with Crippen molar-refractivity contribution in [1.29, 1.82) is 0 Å². The van der Waals surface area contributed by atoms with E-state index in [1.54, 1.807) is 11.1 Å². The molecule has 1 N–H and O–H groups in total. The van der Waals surface area contributed by atoms with Crippen molar-refractivity contribution in [1.82, 2.24) is 14.8 Å². The number of aromatic nitrogens is 1. The zero-order valence-corrected chi connectivity index (χ0v) is 16.1. The van der Waals surface area contributed by atoms with Gasteiger partial charge >= 0.3 is 6.09 Å². The number of likely N-dealkylation sites (tertiary alicyclic amines) is 1. The number of H-pyrrole nitrogens is 1. The fraction of sp³-hybridized carbons (Fsp3) is 0.684. The Bertz CT molecular complexity index is 603. The molecule has 0 aromatic carbocycles. The van der Waals surface area contributed by atoms with E-state index < -0.39 is 5.60 Å². The summed E-state index contributed by atoms with van der Waals surface area (Å²) >= 11 is 0. The zero-order chi connectivity index (χ0) is 18.6. The van der Waals surface area contributed by atoms with Gasteiger partial charge in [-0.1, -0.05) is 0 Å². The number of nitrogens with zero attached hydrogens (tertiary/aromatic N) is 2. The van der Waals surface area contributed by atoms with Crippen LogP contribution in [0.15, 0.2) is 12.4 Å². The first-order valence-corrected chi connectivity index (χ1v) is 9.15. The second-order valence-corrected chi connectivity index (χ2v) is 7.70. The van der Waals surface area contributed by atoms with Crippen molar-refractivity contribution in [3.8, 4) is 0 Å². The van der Waals surface area contributed by atoms with Crippen LogP contribution in [0.3, 0.4) is 0 Å². The zero-order valence-electron chi connectivity index (χ0n) is 16.1. The Labute approximate surface area is 150 Å². The number of hydrogen-bond donors (Lipinski definition) is 1. The largest absolute Gasteiger partial charge is 0.444 e. The van der Waals surface area contributed by atoms with Crippen LogP contribution in [0, 0.1) is 6.92 Å². The predicted molar refractivity (Wildman–Crippen MR) is 97.7 cm³/mol. The van der Waals surface area contributed by atoms with Gasteiger partial charge < -0.3 is 19.5 Å². The summed E-state index contributed by atoms with van der Waals surface area (Å²) in [6.07, 6.45) is 5.91. The fourth-order valence-electron chi connectivity index (χ4n) is 3.29. The highest BCUT2D eigenvalue weighted by molar-refractivity contribution is 5.95. The topological polar surface area (TPSA) is 65.6 Å². The number of carbonyl (C=O) groups is 2. The summed E-state index contributed by atoms with van der Waals surface area (Å²) in [5.74, 6) is 0.0666. The van der Waals surface area contributed by atoms with E-state index >= 15 is 0 Å². The highest BCUT2D eigenvalue weighted by atomic mass is 16.6. The lowest BCUT2D eigenvalue weighted by molar-refractivity contribution is 0.0253. The van der Waals surface area contributed by atoms with Crippen molar-refractivity contribution in [3.05, 3.63) is 23.5 Å². The van der Waals surface area contributed by atoms with Crippen molar-refractivity contribution in [2.45, 2.75) is 65.5 Å². The van der Waals surface area contributed by atoms with Gasteiger partial charge in [0, 0.05) is 38.1 Å². The van der Waals surface area contributed by atoms with Crippen LogP contribution in [0.4, 0.5) is 4.79 Å². The van der Waals surface area contributed by atoms with Crippen LogP contribution in [-0.4, -0.2) is 58.1 Å². The quantitative estimate of drug-likeness (QED) is 0.907. The molecule has 0 bridgehead atoms. The molecule has 0 aliphatic carbocycles. The van der Waals surface area contributed by atoms with Gasteiger partial charge in [0.05, 0.1) is 5.56 Å². The van der Waals surface area contributed by atoms with Gasteiger partial charge in [0.2, 0.25) is 0 Å². The van der Waals surface area contributed by atoms with Crippen LogP contribution in [-0.2, 0) is 4.74 Å². The standard InChI is InChI=1S/C19H31N3O3/c1-6-22(17(23)16-13-20-12-14(16)2)15-8-7-10-21(11-9-15)18(24)25-19(3,4)5/h12-13,15,20H,6-11H2,1-5H3. The molecule has 25 heavy (non-hydrogen) atoms.